The van der Waals surface area contributed by atoms with Gasteiger partial charge in [0.25, 0.3) is 0 Å². The molecular weight excluding hydrogens is 396 g/mol. The second-order valence-corrected chi connectivity index (χ2v) is 7.83. The minimum Gasteiger partial charge on any atom is -0.311 e. The molecule has 1 aromatic carbocycles. The van der Waals surface area contributed by atoms with E-state index in [1.54, 1.807) is 29.9 Å². The minimum absolute atomic E-state index is 0.0131. The molecule has 0 saturated carbocycles. The highest BCUT2D eigenvalue weighted by molar-refractivity contribution is 9.10. The van der Waals surface area contributed by atoms with Crippen molar-refractivity contribution in [1.82, 2.24) is 14.5 Å². The van der Waals surface area contributed by atoms with E-state index in [2.05, 4.69) is 31.1 Å². The summed E-state index contributed by atoms with van der Waals surface area (Å²) >= 11 is 3.23. The van der Waals surface area contributed by atoms with E-state index in [1.165, 1.54) is 12.1 Å². The first-order valence-electron chi connectivity index (χ1n) is 7.40. The van der Waals surface area contributed by atoms with Crippen LogP contribution in [0.1, 0.15) is 19.0 Å². The van der Waals surface area contributed by atoms with E-state index in [1.807, 2.05) is 6.92 Å². The molecule has 0 atom stereocenters. The first-order chi connectivity index (χ1) is 11.3. The van der Waals surface area contributed by atoms with Crippen LogP contribution in [-0.2, 0) is 28.3 Å². The first-order valence-corrected chi connectivity index (χ1v) is 9.67. The highest BCUT2D eigenvalue weighted by Gasteiger charge is 2.15. The fourth-order valence-corrected chi connectivity index (χ4v) is 3.67. The van der Waals surface area contributed by atoms with Crippen LogP contribution in [-0.4, -0.2) is 30.7 Å². The number of nitrogens with one attached hydrogen (secondary N) is 2. The third-order valence-corrected chi connectivity index (χ3v) is 5.26. The van der Waals surface area contributed by atoms with Gasteiger partial charge in [0.05, 0.1) is 10.6 Å². The summed E-state index contributed by atoms with van der Waals surface area (Å²) in [6.45, 7) is 1.99. The second kappa shape index (κ2) is 7.91. The Bertz CT molecular complexity index is 833. The van der Waals surface area contributed by atoms with Crippen LogP contribution >= 0.6 is 15.9 Å². The number of hydrogen-bond donors (Lipinski definition) is 2. The highest BCUT2D eigenvalue weighted by atomic mass is 79.9. The number of hydrogen-bond acceptors (Lipinski definition) is 4. The van der Waals surface area contributed by atoms with Gasteiger partial charge in [-0.05, 0) is 24.6 Å². The standard InChI is InChI=1S/C15H19BrN4O3S/c1-3-12-10-14(20(2)19-12)18-15(21)7-8-17-24(22,23)13-6-4-5-11(16)9-13/h4-6,9-10,17H,3,7-8H2,1-2H3,(H,18,21). The molecular formula is C15H19BrN4O3S. The maximum Gasteiger partial charge on any atom is 0.240 e. The molecule has 0 aliphatic heterocycles. The zero-order valence-electron chi connectivity index (χ0n) is 13.4. The minimum atomic E-state index is -3.64. The monoisotopic (exact) mass is 414 g/mol. The van der Waals surface area contributed by atoms with E-state index in [4.69, 9.17) is 0 Å². The summed E-state index contributed by atoms with van der Waals surface area (Å²) in [5.41, 5.74) is 0.878. The average molecular weight is 415 g/mol. The molecule has 0 spiro atoms. The number of carbonyl (C=O) groups excluding carboxylic acids is 1. The molecule has 0 aliphatic carbocycles. The van der Waals surface area contributed by atoms with Crippen LogP contribution in [0.2, 0.25) is 0 Å². The van der Waals surface area contributed by atoms with Crippen LogP contribution in [0.3, 0.4) is 0 Å². The quantitative estimate of drug-likeness (QED) is 0.724. The number of benzene rings is 1. The highest BCUT2D eigenvalue weighted by Crippen LogP contribution is 2.15. The molecule has 130 valence electrons. The molecule has 1 amide bonds. The third-order valence-electron chi connectivity index (χ3n) is 3.31. The van der Waals surface area contributed by atoms with E-state index in [0.717, 1.165) is 12.1 Å². The number of halogens is 1. The van der Waals surface area contributed by atoms with Gasteiger partial charge in [0, 0.05) is 30.6 Å². The van der Waals surface area contributed by atoms with Crippen LogP contribution in [0, 0.1) is 0 Å². The lowest BCUT2D eigenvalue weighted by Gasteiger charge is -2.08. The molecule has 1 heterocycles. The summed E-state index contributed by atoms with van der Waals surface area (Å²) in [5.74, 6) is 0.310. The van der Waals surface area contributed by atoms with Crippen molar-refractivity contribution in [1.29, 1.82) is 0 Å². The van der Waals surface area contributed by atoms with Crippen molar-refractivity contribution in [3.8, 4) is 0 Å². The maximum atomic E-state index is 12.1. The number of aryl methyl sites for hydroxylation is 2. The van der Waals surface area contributed by atoms with Gasteiger partial charge in [-0.15, -0.1) is 0 Å². The molecule has 0 saturated heterocycles. The van der Waals surface area contributed by atoms with Gasteiger partial charge in [-0.3, -0.25) is 9.48 Å². The van der Waals surface area contributed by atoms with Gasteiger partial charge >= 0.3 is 0 Å². The van der Waals surface area contributed by atoms with Gasteiger partial charge in [-0.2, -0.15) is 5.10 Å². The van der Waals surface area contributed by atoms with E-state index in [-0.39, 0.29) is 23.8 Å². The lowest BCUT2D eigenvalue weighted by Crippen LogP contribution is -2.28. The molecule has 2 N–H and O–H groups in total. The molecule has 2 rings (SSSR count). The molecule has 0 unspecified atom stereocenters. The number of sulfonamides is 1. The van der Waals surface area contributed by atoms with Crippen molar-refractivity contribution >= 4 is 37.7 Å². The molecule has 7 nitrogen and oxygen atoms in total. The number of anilines is 1. The SMILES string of the molecule is CCc1cc(NC(=O)CCNS(=O)(=O)c2cccc(Br)c2)n(C)n1. The van der Waals surface area contributed by atoms with Crippen molar-refractivity contribution in [2.24, 2.45) is 7.05 Å². The number of rotatable bonds is 7. The second-order valence-electron chi connectivity index (χ2n) is 5.15. The van der Waals surface area contributed by atoms with Crippen molar-refractivity contribution in [2.75, 3.05) is 11.9 Å². The Kier molecular flexibility index (Phi) is 6.14. The summed E-state index contributed by atoms with van der Waals surface area (Å²) in [6.07, 6.45) is 0.802. The summed E-state index contributed by atoms with van der Waals surface area (Å²) < 4.78 is 29.0. The van der Waals surface area contributed by atoms with Gasteiger partial charge < -0.3 is 5.32 Å². The van der Waals surface area contributed by atoms with Crippen molar-refractivity contribution in [2.45, 2.75) is 24.7 Å². The average Bonchev–Trinajstić information content (AvgIpc) is 2.87. The molecule has 0 radical (unpaired) electrons. The Hall–Kier alpha value is -1.71. The fraction of sp³-hybridized carbons (Fsp3) is 0.333. The summed E-state index contributed by atoms with van der Waals surface area (Å²) in [4.78, 5) is 12.1. The van der Waals surface area contributed by atoms with Gasteiger partial charge in [-0.25, -0.2) is 13.1 Å². The Morgan fingerprint density at radius 3 is 2.71 bits per heavy atom. The largest absolute Gasteiger partial charge is 0.311 e. The molecule has 9 heteroatoms. The number of nitrogens with zero attached hydrogens (tertiary/aromatic N) is 2. The Morgan fingerprint density at radius 1 is 1.33 bits per heavy atom. The van der Waals surface area contributed by atoms with Crippen LogP contribution in [0.4, 0.5) is 5.82 Å². The summed E-state index contributed by atoms with van der Waals surface area (Å²) in [5, 5.41) is 6.95. The van der Waals surface area contributed by atoms with Crippen molar-refractivity contribution in [3.63, 3.8) is 0 Å². The fourth-order valence-electron chi connectivity index (χ4n) is 2.04. The Labute approximate surface area is 149 Å². The molecule has 0 bridgehead atoms. The van der Waals surface area contributed by atoms with E-state index in [9.17, 15) is 13.2 Å². The smallest absolute Gasteiger partial charge is 0.240 e. The van der Waals surface area contributed by atoms with Crippen LogP contribution in [0.25, 0.3) is 0 Å². The number of aromatic nitrogens is 2. The van der Waals surface area contributed by atoms with Crippen molar-refractivity contribution in [3.05, 3.63) is 40.5 Å². The van der Waals surface area contributed by atoms with Gasteiger partial charge in [-0.1, -0.05) is 28.9 Å². The molecule has 0 fully saturated rings. The lowest BCUT2D eigenvalue weighted by atomic mass is 10.3. The predicted molar refractivity (Wildman–Crippen MR) is 95.2 cm³/mol. The van der Waals surface area contributed by atoms with Crippen LogP contribution < -0.4 is 10.0 Å². The number of amides is 1. The van der Waals surface area contributed by atoms with Gasteiger partial charge in [0.2, 0.25) is 15.9 Å². The Morgan fingerprint density at radius 2 is 2.08 bits per heavy atom. The normalized spacial score (nSPS) is 11.5. The number of carbonyl (C=O) groups is 1. The molecule has 0 aliphatic rings. The van der Waals surface area contributed by atoms with E-state index >= 15 is 0 Å². The van der Waals surface area contributed by atoms with E-state index in [0.29, 0.717) is 10.3 Å². The predicted octanol–water partition coefficient (Wildman–Crippen LogP) is 2.05. The molecule has 24 heavy (non-hydrogen) atoms. The van der Waals surface area contributed by atoms with Gasteiger partial charge in [0.1, 0.15) is 5.82 Å². The van der Waals surface area contributed by atoms with Crippen LogP contribution in [0.15, 0.2) is 39.7 Å². The topological polar surface area (TPSA) is 93.1 Å². The first kappa shape index (κ1) is 18.6. The van der Waals surface area contributed by atoms with Crippen molar-refractivity contribution < 1.29 is 13.2 Å². The van der Waals surface area contributed by atoms with Crippen LogP contribution in [0.5, 0.6) is 0 Å². The summed E-state index contributed by atoms with van der Waals surface area (Å²) in [7, 11) is -1.90. The van der Waals surface area contributed by atoms with E-state index < -0.39 is 10.0 Å². The summed E-state index contributed by atoms with van der Waals surface area (Å²) in [6, 6.07) is 8.17. The third kappa shape index (κ3) is 4.89. The zero-order valence-corrected chi connectivity index (χ0v) is 15.8. The zero-order chi connectivity index (χ0) is 17.7. The maximum absolute atomic E-state index is 12.1. The molecule has 1 aromatic heterocycles. The Balaban J connectivity index is 1.89. The molecule has 2 aromatic rings. The lowest BCUT2D eigenvalue weighted by molar-refractivity contribution is -0.116. The van der Waals surface area contributed by atoms with Gasteiger partial charge in [0.15, 0.2) is 0 Å².